The Labute approximate surface area is 187 Å². The fraction of sp³-hybridized carbons (Fsp3) is 0.435. The molecule has 1 unspecified atom stereocenters. The summed E-state index contributed by atoms with van der Waals surface area (Å²) in [4.78, 5) is 18.2. The fourth-order valence-corrected chi connectivity index (χ4v) is 4.82. The van der Waals surface area contributed by atoms with E-state index < -0.39 is 6.10 Å². The molecule has 0 aromatic heterocycles. The summed E-state index contributed by atoms with van der Waals surface area (Å²) in [6, 6.07) is 11.7. The van der Waals surface area contributed by atoms with Crippen molar-refractivity contribution in [1.29, 1.82) is 0 Å². The summed E-state index contributed by atoms with van der Waals surface area (Å²) < 4.78 is 0. The molecule has 2 aliphatic heterocycles. The number of hydrogen-bond acceptors (Lipinski definition) is 4. The van der Waals surface area contributed by atoms with Gasteiger partial charge in [-0.1, -0.05) is 41.4 Å². The molecule has 0 radical (unpaired) electrons. The zero-order chi connectivity index (χ0) is 21.3. The lowest BCUT2D eigenvalue weighted by atomic mass is 9.97. The molecule has 2 heterocycles. The molecule has 2 aromatic carbocycles. The van der Waals surface area contributed by atoms with E-state index >= 15 is 0 Å². The van der Waals surface area contributed by atoms with Crippen LogP contribution in [-0.2, 0) is 11.2 Å². The highest BCUT2D eigenvalue weighted by molar-refractivity contribution is 6.43. The molecule has 4 rings (SSSR count). The van der Waals surface area contributed by atoms with Gasteiger partial charge in [-0.05, 0) is 42.2 Å². The third-order valence-corrected chi connectivity index (χ3v) is 6.87. The zero-order valence-corrected chi connectivity index (χ0v) is 18.7. The van der Waals surface area contributed by atoms with Gasteiger partial charge in [0.15, 0.2) is 0 Å². The quantitative estimate of drug-likeness (QED) is 0.764. The number of rotatable bonds is 4. The minimum absolute atomic E-state index is 0.0712. The molecular formula is C23H27Cl2N3O2. The predicted octanol–water partition coefficient (Wildman–Crippen LogP) is 4.15. The number of aryl methyl sites for hydroxylation is 1. The minimum atomic E-state index is -0.552. The van der Waals surface area contributed by atoms with Crippen molar-refractivity contribution >= 4 is 40.5 Å². The Morgan fingerprint density at radius 3 is 2.57 bits per heavy atom. The van der Waals surface area contributed by atoms with Gasteiger partial charge >= 0.3 is 0 Å². The number of hydrogen-bond donors (Lipinski definition) is 1. The summed E-state index contributed by atoms with van der Waals surface area (Å²) >= 11 is 12.5. The van der Waals surface area contributed by atoms with E-state index in [1.807, 2.05) is 29.2 Å². The van der Waals surface area contributed by atoms with E-state index in [2.05, 4.69) is 15.9 Å². The smallest absolute Gasteiger partial charge is 0.223 e. The molecule has 160 valence electrons. The molecule has 0 bridgehead atoms. The number of benzene rings is 2. The molecule has 1 fully saturated rings. The van der Waals surface area contributed by atoms with Crippen LogP contribution in [0.3, 0.4) is 0 Å². The topological polar surface area (TPSA) is 47.0 Å². The SMILES string of the molecule is CC(=O)N1CCCc2cc(C(O)CN3CCN(c4cccc(Cl)c4Cl)CC3)ccc21. The van der Waals surface area contributed by atoms with Gasteiger partial charge in [-0.2, -0.15) is 0 Å². The van der Waals surface area contributed by atoms with Crippen molar-refractivity contribution in [1.82, 2.24) is 4.90 Å². The fourth-order valence-electron chi connectivity index (χ4n) is 4.41. The molecule has 5 nitrogen and oxygen atoms in total. The second-order valence-corrected chi connectivity index (χ2v) is 8.82. The standard InChI is InChI=1S/C23H27Cl2N3O2/c1-16(29)28-9-3-4-17-14-18(7-8-20(17)28)22(30)15-26-10-12-27(13-11-26)21-6-2-5-19(24)23(21)25/h2,5-8,14,22,30H,3-4,9-13,15H2,1H3. The minimum Gasteiger partial charge on any atom is -0.387 e. The van der Waals surface area contributed by atoms with E-state index in [0.717, 1.165) is 68.1 Å². The van der Waals surface area contributed by atoms with Crippen LogP contribution < -0.4 is 9.80 Å². The number of aliphatic hydroxyl groups is 1. The maximum atomic E-state index is 11.9. The average Bonchev–Trinajstić information content (AvgIpc) is 2.75. The summed E-state index contributed by atoms with van der Waals surface area (Å²) in [5.41, 5.74) is 4.01. The molecule has 0 aliphatic carbocycles. The van der Waals surface area contributed by atoms with Crippen LogP contribution in [0.25, 0.3) is 0 Å². The second kappa shape index (κ2) is 9.15. The summed E-state index contributed by atoms with van der Waals surface area (Å²) in [6.45, 7) is 6.34. The highest BCUT2D eigenvalue weighted by Crippen LogP contribution is 2.33. The lowest BCUT2D eigenvalue weighted by molar-refractivity contribution is -0.116. The molecule has 30 heavy (non-hydrogen) atoms. The van der Waals surface area contributed by atoms with Crippen LogP contribution in [0.1, 0.15) is 30.6 Å². The molecule has 1 amide bonds. The molecule has 1 N–H and O–H groups in total. The number of fused-ring (bicyclic) bond motifs is 1. The number of nitrogens with zero attached hydrogens (tertiary/aromatic N) is 3. The summed E-state index contributed by atoms with van der Waals surface area (Å²) in [6.07, 6.45) is 1.35. The van der Waals surface area contributed by atoms with E-state index in [-0.39, 0.29) is 5.91 Å². The summed E-state index contributed by atoms with van der Waals surface area (Å²) in [5, 5.41) is 12.0. The first-order chi connectivity index (χ1) is 14.4. The van der Waals surface area contributed by atoms with Crippen molar-refractivity contribution < 1.29 is 9.90 Å². The Kier molecular flexibility index (Phi) is 6.54. The number of carbonyl (C=O) groups is 1. The lowest BCUT2D eigenvalue weighted by Crippen LogP contribution is -2.47. The summed E-state index contributed by atoms with van der Waals surface area (Å²) in [7, 11) is 0. The number of halogens is 2. The van der Waals surface area contributed by atoms with Crippen LogP contribution in [0.4, 0.5) is 11.4 Å². The number of piperazine rings is 1. The van der Waals surface area contributed by atoms with Crippen molar-refractivity contribution in [3.05, 3.63) is 57.6 Å². The first-order valence-electron chi connectivity index (χ1n) is 10.4. The van der Waals surface area contributed by atoms with Crippen LogP contribution in [0.2, 0.25) is 10.0 Å². The van der Waals surface area contributed by atoms with Gasteiger partial charge in [-0.25, -0.2) is 0 Å². The first-order valence-corrected chi connectivity index (χ1v) is 11.2. The van der Waals surface area contributed by atoms with Crippen molar-refractivity contribution in [3.8, 4) is 0 Å². The number of β-amino-alcohol motifs (C(OH)–C–C–N with tert-alkyl or cyclic N) is 1. The van der Waals surface area contributed by atoms with E-state index in [0.29, 0.717) is 16.6 Å². The van der Waals surface area contributed by atoms with Crippen molar-refractivity contribution in [3.63, 3.8) is 0 Å². The third kappa shape index (κ3) is 4.45. The van der Waals surface area contributed by atoms with Gasteiger partial charge in [0.05, 0.1) is 21.8 Å². The average molecular weight is 448 g/mol. The van der Waals surface area contributed by atoms with Crippen molar-refractivity contribution in [2.45, 2.75) is 25.9 Å². The van der Waals surface area contributed by atoms with Crippen LogP contribution in [0.15, 0.2) is 36.4 Å². The van der Waals surface area contributed by atoms with Crippen LogP contribution in [0, 0.1) is 0 Å². The van der Waals surface area contributed by atoms with E-state index in [1.165, 1.54) is 0 Å². The molecule has 1 saturated heterocycles. The Morgan fingerprint density at radius 2 is 1.83 bits per heavy atom. The van der Waals surface area contributed by atoms with Crippen LogP contribution in [0.5, 0.6) is 0 Å². The molecule has 0 spiro atoms. The van der Waals surface area contributed by atoms with E-state index in [1.54, 1.807) is 13.0 Å². The Morgan fingerprint density at radius 1 is 1.07 bits per heavy atom. The molecule has 7 heteroatoms. The Hall–Kier alpha value is -1.79. The normalized spacial score (nSPS) is 18.3. The largest absolute Gasteiger partial charge is 0.387 e. The van der Waals surface area contributed by atoms with Gasteiger partial charge in [-0.15, -0.1) is 0 Å². The molecule has 0 saturated carbocycles. The monoisotopic (exact) mass is 447 g/mol. The second-order valence-electron chi connectivity index (χ2n) is 8.04. The highest BCUT2D eigenvalue weighted by atomic mass is 35.5. The number of anilines is 2. The number of carbonyl (C=O) groups excluding carboxylic acids is 1. The van der Waals surface area contributed by atoms with E-state index in [9.17, 15) is 9.90 Å². The van der Waals surface area contributed by atoms with Gasteiger partial charge in [-0.3, -0.25) is 9.69 Å². The van der Waals surface area contributed by atoms with Crippen molar-refractivity contribution in [2.75, 3.05) is 49.1 Å². The van der Waals surface area contributed by atoms with E-state index in [4.69, 9.17) is 23.2 Å². The lowest BCUT2D eigenvalue weighted by Gasteiger charge is -2.37. The molecule has 2 aliphatic rings. The number of aliphatic hydroxyl groups excluding tert-OH is 1. The summed E-state index contributed by atoms with van der Waals surface area (Å²) in [5.74, 6) is 0.0712. The van der Waals surface area contributed by atoms with Gasteiger partial charge in [0.2, 0.25) is 5.91 Å². The van der Waals surface area contributed by atoms with Gasteiger partial charge in [0.25, 0.3) is 0 Å². The maximum Gasteiger partial charge on any atom is 0.223 e. The maximum absolute atomic E-state index is 11.9. The Bertz CT molecular complexity index is 929. The Balaban J connectivity index is 1.38. The molecule has 1 atom stereocenters. The van der Waals surface area contributed by atoms with Gasteiger partial charge in [0, 0.05) is 51.9 Å². The van der Waals surface area contributed by atoms with Gasteiger partial charge < -0.3 is 14.9 Å². The zero-order valence-electron chi connectivity index (χ0n) is 17.2. The van der Waals surface area contributed by atoms with Crippen LogP contribution in [-0.4, -0.2) is 55.2 Å². The van der Waals surface area contributed by atoms with Crippen LogP contribution >= 0.6 is 23.2 Å². The third-order valence-electron chi connectivity index (χ3n) is 6.06. The molecule has 2 aromatic rings. The van der Waals surface area contributed by atoms with Crippen molar-refractivity contribution in [2.24, 2.45) is 0 Å². The molecular weight excluding hydrogens is 421 g/mol. The number of amides is 1. The highest BCUT2D eigenvalue weighted by Gasteiger charge is 2.24. The first kappa shape index (κ1) is 21.4. The van der Waals surface area contributed by atoms with Gasteiger partial charge in [0.1, 0.15) is 0 Å². The predicted molar refractivity (Wildman–Crippen MR) is 123 cm³/mol.